The van der Waals surface area contributed by atoms with Crippen LogP contribution in [0.3, 0.4) is 0 Å². The molecule has 0 unspecified atom stereocenters. The highest BCUT2D eigenvalue weighted by molar-refractivity contribution is 7.97. The number of carbonyl (C=O) groups excluding carboxylic acids is 1. The van der Waals surface area contributed by atoms with Crippen LogP contribution in [0.4, 0.5) is 39.5 Å². The van der Waals surface area contributed by atoms with E-state index in [0.29, 0.717) is 23.1 Å². The molecule has 164 valence electrons. The van der Waals surface area contributed by atoms with Gasteiger partial charge in [0.1, 0.15) is 11.5 Å². The van der Waals surface area contributed by atoms with E-state index in [1.54, 1.807) is 0 Å². The SMILES string of the molecule is CCC(=O)C[S+](CC)CC.O=S(=O)([O-])C(F)(F)C(F)(F)C(F)(F)C(F)(F)F. The largest absolute Gasteiger partial charge is 0.743 e. The van der Waals surface area contributed by atoms with Crippen LogP contribution in [0.25, 0.3) is 0 Å². The van der Waals surface area contributed by atoms with Crippen molar-refractivity contribution in [3.8, 4) is 0 Å². The Balaban J connectivity index is 0. The van der Waals surface area contributed by atoms with Crippen molar-refractivity contribution in [2.24, 2.45) is 0 Å². The summed E-state index contributed by atoms with van der Waals surface area (Å²) in [5, 5.41) is -7.11. The summed E-state index contributed by atoms with van der Waals surface area (Å²) in [6.07, 6.45) is -6.45. The molecule has 0 fully saturated rings. The zero-order valence-corrected chi connectivity index (χ0v) is 15.8. The summed E-state index contributed by atoms with van der Waals surface area (Å²) in [5.41, 5.74) is 0. The van der Waals surface area contributed by atoms with Crippen molar-refractivity contribution in [2.45, 2.75) is 50.5 Å². The molecule has 0 aromatic carbocycles. The third-order valence-electron chi connectivity index (χ3n) is 3.01. The van der Waals surface area contributed by atoms with Crippen LogP contribution >= 0.6 is 0 Å². The zero-order valence-electron chi connectivity index (χ0n) is 14.2. The molecule has 0 aromatic rings. The number of alkyl halides is 9. The van der Waals surface area contributed by atoms with E-state index in [2.05, 4.69) is 13.8 Å². The maximum atomic E-state index is 12.2. The smallest absolute Gasteiger partial charge is 0.460 e. The summed E-state index contributed by atoms with van der Waals surface area (Å²) in [5.74, 6) is -11.2. The first-order valence-corrected chi connectivity index (χ1v) is 10.2. The molecule has 0 aliphatic carbocycles. The molecule has 15 heteroatoms. The number of hydrogen-bond acceptors (Lipinski definition) is 4. The van der Waals surface area contributed by atoms with Crippen LogP contribution in [0.5, 0.6) is 0 Å². The van der Waals surface area contributed by atoms with E-state index in [1.165, 1.54) is 11.5 Å². The summed E-state index contributed by atoms with van der Waals surface area (Å²) in [7, 11) is -7.03. The minimum Gasteiger partial charge on any atom is -0.743 e. The van der Waals surface area contributed by atoms with Gasteiger partial charge in [0.2, 0.25) is 0 Å². The van der Waals surface area contributed by atoms with Gasteiger partial charge >= 0.3 is 23.3 Å². The maximum absolute atomic E-state index is 12.2. The lowest BCUT2D eigenvalue weighted by atomic mass is 10.1. The molecule has 0 bridgehead atoms. The predicted molar refractivity (Wildman–Crippen MR) is 79.2 cm³/mol. The number of halogens is 9. The van der Waals surface area contributed by atoms with Crippen LogP contribution in [0, 0.1) is 0 Å². The van der Waals surface area contributed by atoms with Crippen LogP contribution in [0.1, 0.15) is 27.2 Å². The van der Waals surface area contributed by atoms with Gasteiger partial charge in [-0.2, -0.15) is 39.5 Å². The van der Waals surface area contributed by atoms with Crippen molar-refractivity contribution in [1.82, 2.24) is 0 Å². The van der Waals surface area contributed by atoms with Crippen molar-refractivity contribution in [1.29, 1.82) is 0 Å². The Hall–Kier alpha value is -0.700. The molecule has 0 radical (unpaired) electrons. The molecule has 0 heterocycles. The Labute approximate surface area is 152 Å². The number of carbonyl (C=O) groups is 1. The standard InChI is InChI=1S/C8H17OS.C4HF9O3S/c1-4-8(9)7-10(5-2)6-3;5-1(6,3(9,10)11)2(7,8)4(12,13)17(14,15)16/h4-7H2,1-3H3;(H,14,15,16)/q+1;/p-1. The number of hydrogen-bond donors (Lipinski definition) is 0. The molecule has 0 aliphatic heterocycles. The van der Waals surface area contributed by atoms with E-state index in [4.69, 9.17) is 0 Å². The van der Waals surface area contributed by atoms with Gasteiger partial charge in [0, 0.05) is 6.42 Å². The molecule has 4 nitrogen and oxygen atoms in total. The molecule has 0 saturated carbocycles. The van der Waals surface area contributed by atoms with Gasteiger partial charge in [0.25, 0.3) is 0 Å². The van der Waals surface area contributed by atoms with Gasteiger partial charge in [-0.15, -0.1) is 0 Å². The van der Waals surface area contributed by atoms with Crippen molar-refractivity contribution >= 4 is 26.8 Å². The molecule has 0 aliphatic rings. The first-order valence-electron chi connectivity index (χ1n) is 7.05. The fourth-order valence-corrected chi connectivity index (χ4v) is 3.17. The molecule has 0 N–H and O–H groups in total. The second kappa shape index (κ2) is 9.67. The highest BCUT2D eigenvalue weighted by Gasteiger charge is 2.83. The van der Waals surface area contributed by atoms with Crippen LogP contribution in [0.15, 0.2) is 0 Å². The molecular formula is C12H17F9O4S2. The Bertz CT molecular complexity index is 584. The highest BCUT2D eigenvalue weighted by atomic mass is 32.2. The first-order chi connectivity index (χ1) is 11.7. The van der Waals surface area contributed by atoms with E-state index in [0.717, 1.165) is 5.75 Å². The summed E-state index contributed by atoms with van der Waals surface area (Å²) in [6, 6.07) is 0. The van der Waals surface area contributed by atoms with Crippen molar-refractivity contribution in [2.75, 3.05) is 17.3 Å². The van der Waals surface area contributed by atoms with Gasteiger partial charge in [-0.1, -0.05) is 6.92 Å². The van der Waals surface area contributed by atoms with Gasteiger partial charge in [0.05, 0.1) is 0 Å². The van der Waals surface area contributed by atoms with Crippen molar-refractivity contribution < 1.29 is 57.3 Å². The molecule has 0 spiro atoms. The first kappa shape index (κ1) is 28.5. The van der Waals surface area contributed by atoms with Crippen molar-refractivity contribution in [3.05, 3.63) is 0 Å². The predicted octanol–water partition coefficient (Wildman–Crippen LogP) is 3.58. The molecule has 0 aromatic heterocycles. The lowest BCUT2D eigenvalue weighted by molar-refractivity contribution is -0.382. The summed E-state index contributed by atoms with van der Waals surface area (Å²) in [4.78, 5) is 10.9. The minimum absolute atomic E-state index is 0.382. The number of Topliss-reactive ketones (excluding diaryl/α,β-unsaturated/α-hetero) is 1. The van der Waals surface area contributed by atoms with Gasteiger partial charge in [0.15, 0.2) is 21.7 Å². The average Bonchev–Trinajstić information content (AvgIpc) is 2.50. The Morgan fingerprint density at radius 2 is 1.22 bits per heavy atom. The number of rotatable bonds is 8. The van der Waals surface area contributed by atoms with E-state index < -0.39 is 33.4 Å². The topological polar surface area (TPSA) is 74.3 Å². The maximum Gasteiger partial charge on any atom is 0.460 e. The van der Waals surface area contributed by atoms with Gasteiger partial charge in [-0.25, -0.2) is 8.42 Å². The van der Waals surface area contributed by atoms with Gasteiger partial charge < -0.3 is 4.55 Å². The molecule has 0 saturated heterocycles. The Morgan fingerprint density at radius 1 is 0.852 bits per heavy atom. The lowest BCUT2D eigenvalue weighted by Crippen LogP contribution is -2.63. The molecule has 27 heavy (non-hydrogen) atoms. The van der Waals surface area contributed by atoms with E-state index in [9.17, 15) is 57.3 Å². The Kier molecular flexibility index (Phi) is 10.2. The molecular weight excluding hydrogens is 443 g/mol. The average molecular weight is 460 g/mol. The van der Waals surface area contributed by atoms with E-state index in [1.807, 2.05) is 6.92 Å². The fourth-order valence-electron chi connectivity index (χ4n) is 1.26. The second-order valence-electron chi connectivity index (χ2n) is 4.84. The number of ketones is 1. The Morgan fingerprint density at radius 3 is 1.44 bits per heavy atom. The summed E-state index contributed by atoms with van der Waals surface area (Å²) in [6.45, 7) is 6.26. The lowest BCUT2D eigenvalue weighted by Gasteiger charge is -2.34. The summed E-state index contributed by atoms with van der Waals surface area (Å²) >= 11 is 0. The normalized spacial score (nSPS) is 14.0. The van der Waals surface area contributed by atoms with Gasteiger partial charge in [-0.3, -0.25) is 4.79 Å². The minimum atomic E-state index is -7.43. The molecule has 0 atom stereocenters. The zero-order chi connectivity index (χ0) is 22.5. The summed E-state index contributed by atoms with van der Waals surface area (Å²) < 4.78 is 135. The van der Waals surface area contributed by atoms with Crippen LogP contribution < -0.4 is 0 Å². The molecule has 0 rings (SSSR count). The van der Waals surface area contributed by atoms with Crippen LogP contribution in [-0.4, -0.2) is 59.3 Å². The highest BCUT2D eigenvalue weighted by Crippen LogP contribution is 2.54. The van der Waals surface area contributed by atoms with Crippen LogP contribution in [0.2, 0.25) is 0 Å². The second-order valence-corrected chi connectivity index (χ2v) is 8.93. The van der Waals surface area contributed by atoms with E-state index in [-0.39, 0.29) is 0 Å². The third kappa shape index (κ3) is 6.69. The third-order valence-corrected chi connectivity index (χ3v) is 6.25. The molecule has 0 amide bonds. The fraction of sp³-hybridized carbons (Fsp3) is 0.917. The van der Waals surface area contributed by atoms with Crippen molar-refractivity contribution in [3.63, 3.8) is 0 Å². The van der Waals surface area contributed by atoms with Crippen LogP contribution in [-0.2, 0) is 25.8 Å². The monoisotopic (exact) mass is 460 g/mol. The van der Waals surface area contributed by atoms with E-state index >= 15 is 0 Å². The van der Waals surface area contributed by atoms with Gasteiger partial charge in [-0.05, 0) is 24.7 Å². The quantitative estimate of drug-likeness (QED) is 0.315.